The first-order valence-corrected chi connectivity index (χ1v) is 13.9. The summed E-state index contributed by atoms with van der Waals surface area (Å²) in [6.45, 7) is 2.89. The molecular formula is C28H30BrN8O3+. The van der Waals surface area contributed by atoms with Crippen molar-refractivity contribution in [1.29, 1.82) is 0 Å². The van der Waals surface area contributed by atoms with Crippen LogP contribution in [0.4, 0.5) is 23.0 Å². The van der Waals surface area contributed by atoms with Crippen molar-refractivity contribution in [3.63, 3.8) is 0 Å². The van der Waals surface area contributed by atoms with Gasteiger partial charge in [-0.3, -0.25) is 4.79 Å². The summed E-state index contributed by atoms with van der Waals surface area (Å²) < 4.78 is 3.33. The third kappa shape index (κ3) is 6.35. The summed E-state index contributed by atoms with van der Waals surface area (Å²) >= 11 is 3.48. The van der Waals surface area contributed by atoms with Crippen molar-refractivity contribution in [3.8, 4) is 0 Å². The van der Waals surface area contributed by atoms with Crippen LogP contribution in [0.1, 0.15) is 25.0 Å². The van der Waals surface area contributed by atoms with E-state index in [9.17, 15) is 14.9 Å². The molecule has 11 nitrogen and oxygen atoms in total. The highest BCUT2D eigenvalue weighted by Crippen LogP contribution is 2.28. The summed E-state index contributed by atoms with van der Waals surface area (Å²) in [4.78, 5) is 36.7. The van der Waals surface area contributed by atoms with E-state index in [1.165, 1.54) is 12.7 Å². The number of aromatic nitrogens is 4. The van der Waals surface area contributed by atoms with Gasteiger partial charge in [-0.25, -0.2) is 9.97 Å². The van der Waals surface area contributed by atoms with Crippen molar-refractivity contribution in [1.82, 2.24) is 19.5 Å². The van der Waals surface area contributed by atoms with Crippen LogP contribution in [0.15, 0.2) is 71.7 Å². The molecular weight excluding hydrogens is 576 g/mol. The minimum absolute atomic E-state index is 0.0960. The number of anilines is 3. The molecule has 0 atom stereocenters. The maximum atomic E-state index is 12.9. The molecule has 0 spiro atoms. The Kier molecular flexibility index (Phi) is 8.17. The van der Waals surface area contributed by atoms with Gasteiger partial charge in [-0.15, -0.1) is 0 Å². The Morgan fingerprint density at radius 3 is 2.73 bits per heavy atom. The number of piperidine rings is 1. The van der Waals surface area contributed by atoms with Crippen LogP contribution in [0, 0.1) is 10.1 Å². The fraction of sp³-hybridized carbons (Fsp3) is 0.286. The smallest absolute Gasteiger partial charge is 0.358 e. The zero-order chi connectivity index (χ0) is 28.1. The summed E-state index contributed by atoms with van der Waals surface area (Å²) in [5.41, 5.74) is 2.86. The Balaban J connectivity index is 1.29. The first kappa shape index (κ1) is 27.4. The SMILES string of the molecule is Cn1cnc([N+](=O)[O-])c1C[N+]1(C/C=C/C(=O)Nc2ccc3ncnc(Nc4cccc(Br)c4)c3c2)CCCCC1. The van der Waals surface area contributed by atoms with E-state index < -0.39 is 4.92 Å². The van der Waals surface area contributed by atoms with Gasteiger partial charge in [0, 0.05) is 34.4 Å². The summed E-state index contributed by atoms with van der Waals surface area (Å²) in [5.74, 6) is 0.288. The number of quaternary nitrogens is 1. The molecule has 2 aromatic heterocycles. The molecule has 0 aliphatic carbocycles. The highest BCUT2D eigenvalue weighted by atomic mass is 79.9. The monoisotopic (exact) mass is 605 g/mol. The molecule has 2 N–H and O–H groups in total. The number of nitrogens with zero attached hydrogens (tertiary/aromatic N) is 6. The number of carbonyl (C=O) groups is 1. The maximum absolute atomic E-state index is 12.9. The zero-order valence-electron chi connectivity index (χ0n) is 22.1. The molecule has 1 aliphatic heterocycles. The van der Waals surface area contributed by atoms with E-state index in [2.05, 4.69) is 41.5 Å². The number of benzene rings is 2. The second-order valence-corrected chi connectivity index (χ2v) is 11.0. The van der Waals surface area contributed by atoms with Crippen LogP contribution in [-0.4, -0.2) is 54.5 Å². The van der Waals surface area contributed by atoms with Gasteiger partial charge in [-0.05, 0) is 71.6 Å². The predicted molar refractivity (Wildman–Crippen MR) is 157 cm³/mol. The van der Waals surface area contributed by atoms with Crippen molar-refractivity contribution in [2.45, 2.75) is 25.8 Å². The molecule has 0 bridgehead atoms. The number of halogens is 1. The molecule has 2 aromatic carbocycles. The maximum Gasteiger partial charge on any atom is 0.390 e. The number of amides is 1. The number of carbonyl (C=O) groups excluding carboxylic acids is 1. The van der Waals surface area contributed by atoms with Gasteiger partial charge in [-0.1, -0.05) is 22.0 Å². The Morgan fingerprint density at radius 1 is 1.12 bits per heavy atom. The average Bonchev–Trinajstić information content (AvgIpc) is 3.29. The zero-order valence-corrected chi connectivity index (χ0v) is 23.7. The van der Waals surface area contributed by atoms with Gasteiger partial charge in [0.15, 0.2) is 5.69 Å². The molecule has 0 saturated carbocycles. The fourth-order valence-corrected chi connectivity index (χ4v) is 5.59. The number of imidazole rings is 1. The largest absolute Gasteiger partial charge is 0.390 e. The van der Waals surface area contributed by atoms with Crippen LogP contribution < -0.4 is 10.6 Å². The summed E-state index contributed by atoms with van der Waals surface area (Å²) in [6.07, 6.45) is 9.63. The number of aryl methyl sites for hydroxylation is 1. The minimum Gasteiger partial charge on any atom is -0.358 e. The molecule has 1 saturated heterocycles. The first-order valence-electron chi connectivity index (χ1n) is 13.1. The summed E-state index contributed by atoms with van der Waals surface area (Å²) in [7, 11) is 1.79. The molecule has 40 heavy (non-hydrogen) atoms. The van der Waals surface area contributed by atoms with Gasteiger partial charge in [0.2, 0.25) is 12.2 Å². The number of likely N-dealkylation sites (tertiary alicyclic amines) is 1. The van der Waals surface area contributed by atoms with Crippen LogP contribution in [0.3, 0.4) is 0 Å². The Bertz CT molecular complexity index is 1580. The van der Waals surface area contributed by atoms with Crippen LogP contribution in [-0.2, 0) is 18.4 Å². The van der Waals surface area contributed by atoms with Crippen molar-refractivity contribution in [2.24, 2.45) is 7.05 Å². The standard InChI is InChI=1S/C28H29BrN8O3/c1-35-19-32-28(36(39)40)25(35)17-37(12-3-2-4-13-37)14-6-9-26(38)33-22-10-11-24-23(16-22)27(31-18-30-24)34-21-8-5-7-20(29)15-21/h5-11,15-16,18-19H,2-4,12-14,17H2,1H3,(H-,30,31,33,34,38)/p+1/b9-6+. The lowest BCUT2D eigenvalue weighted by molar-refractivity contribution is -0.940. The molecule has 1 aliphatic rings. The molecule has 4 aromatic rings. The fourth-order valence-electron chi connectivity index (χ4n) is 5.19. The van der Waals surface area contributed by atoms with Crippen molar-refractivity contribution < 1.29 is 14.2 Å². The molecule has 5 rings (SSSR count). The van der Waals surface area contributed by atoms with Crippen LogP contribution >= 0.6 is 15.9 Å². The number of hydrogen-bond donors (Lipinski definition) is 2. The molecule has 1 fully saturated rings. The van der Waals surface area contributed by atoms with E-state index in [1.807, 2.05) is 48.5 Å². The molecule has 0 unspecified atom stereocenters. The Morgan fingerprint density at radius 2 is 1.95 bits per heavy atom. The average molecular weight is 607 g/mol. The second kappa shape index (κ2) is 11.9. The second-order valence-electron chi connectivity index (χ2n) is 10.1. The predicted octanol–water partition coefficient (Wildman–Crippen LogP) is 5.47. The molecule has 12 heteroatoms. The normalized spacial score (nSPS) is 14.8. The highest BCUT2D eigenvalue weighted by molar-refractivity contribution is 9.10. The van der Waals surface area contributed by atoms with Gasteiger partial charge < -0.3 is 29.8 Å². The topological polar surface area (TPSA) is 128 Å². The van der Waals surface area contributed by atoms with Gasteiger partial charge >= 0.3 is 5.82 Å². The van der Waals surface area contributed by atoms with E-state index in [0.29, 0.717) is 34.8 Å². The summed E-state index contributed by atoms with van der Waals surface area (Å²) in [6, 6.07) is 13.3. The van der Waals surface area contributed by atoms with Crippen molar-refractivity contribution in [2.75, 3.05) is 30.3 Å². The van der Waals surface area contributed by atoms with Crippen molar-refractivity contribution >= 4 is 55.8 Å². The number of nitro groups is 1. The van der Waals surface area contributed by atoms with Gasteiger partial charge in [-0.2, -0.15) is 0 Å². The molecule has 206 valence electrons. The highest BCUT2D eigenvalue weighted by Gasteiger charge is 2.34. The van der Waals surface area contributed by atoms with Crippen molar-refractivity contribution in [3.05, 3.63) is 87.6 Å². The molecule has 3 heterocycles. The van der Waals surface area contributed by atoms with E-state index in [0.717, 1.165) is 53.4 Å². The van der Waals surface area contributed by atoms with E-state index >= 15 is 0 Å². The van der Waals surface area contributed by atoms with Gasteiger partial charge in [0.25, 0.3) is 0 Å². The lowest BCUT2D eigenvalue weighted by atomic mass is 10.1. The molecule has 0 radical (unpaired) electrons. The Hall–Kier alpha value is -4.16. The van der Waals surface area contributed by atoms with Crippen LogP contribution in [0.25, 0.3) is 10.9 Å². The lowest BCUT2D eigenvalue weighted by Gasteiger charge is -2.40. The number of hydrogen-bond acceptors (Lipinski definition) is 7. The van der Waals surface area contributed by atoms with E-state index in [1.54, 1.807) is 17.7 Å². The summed E-state index contributed by atoms with van der Waals surface area (Å²) in [5, 5.41) is 18.5. The first-order chi connectivity index (χ1) is 19.3. The van der Waals surface area contributed by atoms with E-state index in [-0.39, 0.29) is 11.7 Å². The third-order valence-electron chi connectivity index (χ3n) is 7.21. The quantitative estimate of drug-likeness (QED) is 0.112. The minimum atomic E-state index is -0.423. The van der Waals surface area contributed by atoms with Crippen LogP contribution in [0.2, 0.25) is 0 Å². The number of rotatable bonds is 9. The van der Waals surface area contributed by atoms with Crippen LogP contribution in [0.5, 0.6) is 0 Å². The number of fused-ring (bicyclic) bond motifs is 1. The molecule has 1 amide bonds. The van der Waals surface area contributed by atoms with E-state index in [4.69, 9.17) is 0 Å². The lowest BCUT2D eigenvalue weighted by Crippen LogP contribution is -2.51. The number of nitrogens with one attached hydrogen (secondary N) is 2. The Labute approximate surface area is 239 Å². The van der Waals surface area contributed by atoms with Gasteiger partial charge in [0.1, 0.15) is 18.7 Å². The third-order valence-corrected chi connectivity index (χ3v) is 7.71. The van der Waals surface area contributed by atoms with Gasteiger partial charge in [0.05, 0.1) is 25.2 Å².